The molecule has 0 atom stereocenters. The molecule has 122 valence electrons. The zero-order valence-electron chi connectivity index (χ0n) is 14.2. The van der Waals surface area contributed by atoms with Gasteiger partial charge in [-0.3, -0.25) is 9.69 Å². The SMILES string of the molecule is COC(=O)c1c(C)[nH]c(C(=O)CN(CC(C)C)C2CC2)c1C. The number of H-pyrrole nitrogens is 1. The molecule has 1 N–H and O–H groups in total. The second-order valence-corrected chi connectivity index (χ2v) is 6.59. The number of aromatic nitrogens is 1. The second-order valence-electron chi connectivity index (χ2n) is 6.59. The molecule has 0 aliphatic heterocycles. The number of aryl methyl sites for hydroxylation is 1. The molecule has 0 unspecified atom stereocenters. The van der Waals surface area contributed by atoms with Crippen LogP contribution in [0.4, 0.5) is 0 Å². The molecule has 0 amide bonds. The Labute approximate surface area is 132 Å². The van der Waals surface area contributed by atoms with E-state index in [2.05, 4.69) is 23.7 Å². The molecule has 22 heavy (non-hydrogen) atoms. The Morgan fingerprint density at radius 1 is 1.32 bits per heavy atom. The van der Waals surface area contributed by atoms with Crippen LogP contribution < -0.4 is 0 Å². The predicted molar refractivity (Wildman–Crippen MR) is 85.4 cm³/mol. The van der Waals surface area contributed by atoms with Crippen molar-refractivity contribution in [2.75, 3.05) is 20.2 Å². The van der Waals surface area contributed by atoms with E-state index >= 15 is 0 Å². The largest absolute Gasteiger partial charge is 0.465 e. The van der Waals surface area contributed by atoms with Gasteiger partial charge in [-0.25, -0.2) is 4.79 Å². The van der Waals surface area contributed by atoms with Gasteiger partial charge < -0.3 is 9.72 Å². The van der Waals surface area contributed by atoms with Crippen molar-refractivity contribution < 1.29 is 14.3 Å². The molecule has 0 bridgehead atoms. The van der Waals surface area contributed by atoms with Crippen LogP contribution in [0, 0.1) is 19.8 Å². The summed E-state index contributed by atoms with van der Waals surface area (Å²) in [5.41, 5.74) is 2.39. The Morgan fingerprint density at radius 3 is 2.45 bits per heavy atom. The summed E-state index contributed by atoms with van der Waals surface area (Å²) < 4.78 is 4.79. The lowest BCUT2D eigenvalue weighted by Gasteiger charge is -2.23. The Morgan fingerprint density at radius 2 is 1.95 bits per heavy atom. The first-order valence-electron chi connectivity index (χ1n) is 7.89. The van der Waals surface area contributed by atoms with Gasteiger partial charge in [-0.2, -0.15) is 0 Å². The fourth-order valence-corrected chi connectivity index (χ4v) is 2.95. The van der Waals surface area contributed by atoms with Crippen LogP contribution in [0.2, 0.25) is 0 Å². The fourth-order valence-electron chi connectivity index (χ4n) is 2.95. The van der Waals surface area contributed by atoms with Crippen molar-refractivity contribution in [2.24, 2.45) is 5.92 Å². The maximum Gasteiger partial charge on any atom is 0.339 e. The van der Waals surface area contributed by atoms with Crippen LogP contribution in [0.5, 0.6) is 0 Å². The zero-order valence-corrected chi connectivity index (χ0v) is 14.2. The van der Waals surface area contributed by atoms with Crippen molar-refractivity contribution in [3.8, 4) is 0 Å². The highest BCUT2D eigenvalue weighted by atomic mass is 16.5. The molecule has 0 spiro atoms. The first kappa shape index (κ1) is 16.7. The summed E-state index contributed by atoms with van der Waals surface area (Å²) in [7, 11) is 1.35. The van der Waals surface area contributed by atoms with Crippen LogP contribution in [0.15, 0.2) is 0 Å². The molecule has 5 heteroatoms. The van der Waals surface area contributed by atoms with Crippen molar-refractivity contribution in [3.63, 3.8) is 0 Å². The van der Waals surface area contributed by atoms with Gasteiger partial charge >= 0.3 is 5.97 Å². The Bertz CT molecular complexity index is 571. The molecule has 0 aromatic carbocycles. The van der Waals surface area contributed by atoms with Crippen LogP contribution in [-0.4, -0.2) is 47.9 Å². The van der Waals surface area contributed by atoms with Gasteiger partial charge in [-0.15, -0.1) is 0 Å². The number of methoxy groups -OCH3 is 1. The summed E-state index contributed by atoms with van der Waals surface area (Å²) in [5, 5.41) is 0. The highest BCUT2D eigenvalue weighted by Gasteiger charge is 2.32. The lowest BCUT2D eigenvalue weighted by atomic mass is 10.1. The average molecular weight is 306 g/mol. The third-order valence-corrected chi connectivity index (χ3v) is 4.12. The molecule has 1 aliphatic carbocycles. The minimum atomic E-state index is -0.397. The molecule has 5 nitrogen and oxygen atoms in total. The Kier molecular flexibility index (Phi) is 5.06. The van der Waals surface area contributed by atoms with Crippen LogP contribution in [0.1, 0.15) is 58.8 Å². The van der Waals surface area contributed by atoms with Gasteiger partial charge in [0.05, 0.1) is 24.9 Å². The predicted octanol–water partition coefficient (Wildman–Crippen LogP) is 2.72. The first-order valence-corrected chi connectivity index (χ1v) is 7.89. The van der Waals surface area contributed by atoms with E-state index < -0.39 is 5.97 Å². The van der Waals surface area contributed by atoms with Gasteiger partial charge in [0.15, 0.2) is 5.78 Å². The standard InChI is InChI=1S/C17H26N2O3/c1-10(2)8-19(13-6-7-13)9-14(20)16-11(3)15(12(4)18-16)17(21)22-5/h10,13,18H,6-9H2,1-5H3. The number of carbonyl (C=O) groups excluding carboxylic acids is 2. The van der Waals surface area contributed by atoms with Gasteiger partial charge in [-0.05, 0) is 38.2 Å². The van der Waals surface area contributed by atoms with Gasteiger partial charge in [-0.1, -0.05) is 13.8 Å². The Balaban J connectivity index is 2.17. The minimum absolute atomic E-state index is 0.0447. The summed E-state index contributed by atoms with van der Waals surface area (Å²) in [6.07, 6.45) is 2.35. The topological polar surface area (TPSA) is 62.4 Å². The summed E-state index contributed by atoms with van der Waals surface area (Å²) in [6.45, 7) is 9.26. The van der Waals surface area contributed by atoms with Crippen LogP contribution in [-0.2, 0) is 4.74 Å². The van der Waals surface area contributed by atoms with Crippen molar-refractivity contribution >= 4 is 11.8 Å². The number of aromatic amines is 1. The fraction of sp³-hybridized carbons (Fsp3) is 0.647. The molecule has 2 rings (SSSR count). The molecule has 1 aliphatic rings. The van der Waals surface area contributed by atoms with Gasteiger partial charge in [0, 0.05) is 18.3 Å². The highest BCUT2D eigenvalue weighted by molar-refractivity contribution is 6.02. The molecule has 1 aromatic heterocycles. The Hall–Kier alpha value is -1.62. The van der Waals surface area contributed by atoms with Crippen LogP contribution >= 0.6 is 0 Å². The van der Waals surface area contributed by atoms with Crippen molar-refractivity contribution in [1.82, 2.24) is 9.88 Å². The number of esters is 1. The highest BCUT2D eigenvalue weighted by Crippen LogP contribution is 2.28. The number of hydrogen-bond acceptors (Lipinski definition) is 4. The molecule has 1 saturated carbocycles. The van der Waals surface area contributed by atoms with Gasteiger partial charge in [0.2, 0.25) is 0 Å². The number of ketones is 1. The summed E-state index contributed by atoms with van der Waals surface area (Å²) in [4.78, 5) is 29.8. The second kappa shape index (κ2) is 6.65. The van der Waals surface area contributed by atoms with Crippen molar-refractivity contribution in [3.05, 3.63) is 22.5 Å². The lowest BCUT2D eigenvalue weighted by molar-refractivity contribution is 0.0599. The summed E-state index contributed by atoms with van der Waals surface area (Å²) in [5.74, 6) is 0.181. The number of ether oxygens (including phenoxy) is 1. The first-order chi connectivity index (χ1) is 10.3. The molecular formula is C17H26N2O3. The van der Waals surface area contributed by atoms with E-state index in [1.54, 1.807) is 13.8 Å². The van der Waals surface area contributed by atoms with E-state index in [1.807, 2.05) is 0 Å². The van der Waals surface area contributed by atoms with E-state index in [9.17, 15) is 9.59 Å². The lowest BCUT2D eigenvalue weighted by Crippen LogP contribution is -2.35. The third kappa shape index (κ3) is 3.58. The van der Waals surface area contributed by atoms with E-state index in [0.29, 0.717) is 41.0 Å². The van der Waals surface area contributed by atoms with Crippen LogP contribution in [0.25, 0.3) is 0 Å². The number of Topliss-reactive ketones (excluding diaryl/α,β-unsaturated/α-hetero) is 1. The number of nitrogens with zero attached hydrogens (tertiary/aromatic N) is 1. The van der Waals surface area contributed by atoms with E-state index in [-0.39, 0.29) is 5.78 Å². The van der Waals surface area contributed by atoms with E-state index in [4.69, 9.17) is 4.74 Å². The molecule has 1 fully saturated rings. The van der Waals surface area contributed by atoms with Gasteiger partial charge in [0.25, 0.3) is 0 Å². The van der Waals surface area contributed by atoms with E-state index in [0.717, 1.165) is 6.54 Å². The summed E-state index contributed by atoms with van der Waals surface area (Å²) in [6, 6.07) is 0.544. The molecule has 1 aromatic rings. The molecular weight excluding hydrogens is 280 g/mol. The summed E-state index contributed by atoms with van der Waals surface area (Å²) >= 11 is 0. The number of nitrogens with one attached hydrogen (secondary N) is 1. The maximum atomic E-state index is 12.6. The average Bonchev–Trinajstić information content (AvgIpc) is 3.23. The van der Waals surface area contributed by atoms with E-state index in [1.165, 1.54) is 20.0 Å². The normalized spacial score (nSPS) is 14.7. The number of rotatable bonds is 7. The minimum Gasteiger partial charge on any atom is -0.465 e. The maximum absolute atomic E-state index is 12.6. The van der Waals surface area contributed by atoms with Gasteiger partial charge in [0.1, 0.15) is 0 Å². The number of hydrogen-bond donors (Lipinski definition) is 1. The zero-order chi connectivity index (χ0) is 16.4. The quantitative estimate of drug-likeness (QED) is 0.621. The van der Waals surface area contributed by atoms with Crippen LogP contribution in [0.3, 0.4) is 0 Å². The monoisotopic (exact) mass is 306 g/mol. The number of carbonyl (C=O) groups is 2. The smallest absolute Gasteiger partial charge is 0.339 e. The van der Waals surface area contributed by atoms with Crippen molar-refractivity contribution in [2.45, 2.75) is 46.6 Å². The van der Waals surface area contributed by atoms with Crippen molar-refractivity contribution in [1.29, 1.82) is 0 Å². The molecule has 1 heterocycles. The molecule has 0 saturated heterocycles. The third-order valence-electron chi connectivity index (χ3n) is 4.12. The molecule has 0 radical (unpaired) electrons.